The van der Waals surface area contributed by atoms with E-state index in [0.29, 0.717) is 13.0 Å². The topological polar surface area (TPSA) is 58.6 Å². The summed E-state index contributed by atoms with van der Waals surface area (Å²) < 4.78 is 18.3. The van der Waals surface area contributed by atoms with Crippen LogP contribution in [0.2, 0.25) is 0 Å². The van der Waals surface area contributed by atoms with E-state index in [1.165, 1.54) is 23.5 Å². The van der Waals surface area contributed by atoms with Crippen LogP contribution in [0.4, 0.5) is 4.39 Å². The molecule has 0 saturated carbocycles. The SMILES string of the molecule is O=C(COc1ccccc1F)NCC[C@@H](O)c1cccs1. The summed E-state index contributed by atoms with van der Waals surface area (Å²) in [6.07, 6.45) is -0.163. The number of ether oxygens (including phenoxy) is 1. The Morgan fingerprint density at radius 1 is 1.33 bits per heavy atom. The predicted octanol–water partition coefficient (Wildman–Crippen LogP) is 2.51. The van der Waals surface area contributed by atoms with Crippen molar-refractivity contribution in [2.45, 2.75) is 12.5 Å². The fraction of sp³-hybridized carbons (Fsp3) is 0.267. The van der Waals surface area contributed by atoms with Gasteiger partial charge in [0.25, 0.3) is 5.91 Å². The summed E-state index contributed by atoms with van der Waals surface area (Å²) in [6.45, 7) is 0.0779. The Labute approximate surface area is 126 Å². The summed E-state index contributed by atoms with van der Waals surface area (Å²) in [4.78, 5) is 12.4. The van der Waals surface area contributed by atoms with E-state index in [-0.39, 0.29) is 18.3 Å². The molecule has 0 saturated heterocycles. The normalized spacial score (nSPS) is 11.9. The Hall–Kier alpha value is -1.92. The van der Waals surface area contributed by atoms with Crippen molar-refractivity contribution in [2.75, 3.05) is 13.2 Å². The third kappa shape index (κ3) is 4.84. The molecule has 21 heavy (non-hydrogen) atoms. The summed E-state index contributed by atoms with van der Waals surface area (Å²) in [6, 6.07) is 9.62. The number of nitrogens with one attached hydrogen (secondary N) is 1. The van der Waals surface area contributed by atoms with E-state index in [1.54, 1.807) is 12.1 Å². The molecule has 2 N–H and O–H groups in total. The van der Waals surface area contributed by atoms with Crippen LogP contribution >= 0.6 is 11.3 Å². The van der Waals surface area contributed by atoms with Gasteiger partial charge in [0.2, 0.25) is 0 Å². The number of amides is 1. The predicted molar refractivity (Wildman–Crippen MR) is 78.8 cm³/mol. The van der Waals surface area contributed by atoms with Crippen molar-refractivity contribution in [1.29, 1.82) is 0 Å². The first-order chi connectivity index (χ1) is 10.2. The number of hydrogen-bond acceptors (Lipinski definition) is 4. The van der Waals surface area contributed by atoms with Gasteiger partial charge in [-0.3, -0.25) is 4.79 Å². The fourth-order valence-corrected chi connectivity index (χ4v) is 2.47. The number of benzene rings is 1. The van der Waals surface area contributed by atoms with Crippen LogP contribution in [-0.4, -0.2) is 24.2 Å². The van der Waals surface area contributed by atoms with Crippen LogP contribution in [0.25, 0.3) is 0 Å². The molecule has 112 valence electrons. The highest BCUT2D eigenvalue weighted by Crippen LogP contribution is 2.20. The molecule has 1 heterocycles. The highest BCUT2D eigenvalue weighted by atomic mass is 32.1. The lowest BCUT2D eigenvalue weighted by molar-refractivity contribution is -0.123. The Morgan fingerprint density at radius 2 is 2.14 bits per heavy atom. The first kappa shape index (κ1) is 15.5. The Kier molecular flexibility index (Phi) is 5.71. The molecular weight excluding hydrogens is 293 g/mol. The van der Waals surface area contributed by atoms with Gasteiger partial charge in [-0.05, 0) is 30.0 Å². The van der Waals surface area contributed by atoms with Gasteiger partial charge < -0.3 is 15.2 Å². The molecule has 4 nitrogen and oxygen atoms in total. The summed E-state index contributed by atoms with van der Waals surface area (Å²) in [5.74, 6) is -0.804. The second-order valence-corrected chi connectivity index (χ2v) is 5.37. The lowest BCUT2D eigenvalue weighted by atomic mass is 10.2. The number of halogens is 1. The van der Waals surface area contributed by atoms with Crippen LogP contribution in [0, 0.1) is 5.82 Å². The molecule has 2 rings (SSSR count). The van der Waals surface area contributed by atoms with Gasteiger partial charge in [-0.2, -0.15) is 0 Å². The van der Waals surface area contributed by atoms with Crippen LogP contribution in [0.15, 0.2) is 41.8 Å². The van der Waals surface area contributed by atoms with Gasteiger partial charge in [0.1, 0.15) is 0 Å². The van der Waals surface area contributed by atoms with Crippen molar-refractivity contribution >= 4 is 17.2 Å². The van der Waals surface area contributed by atoms with E-state index in [1.807, 2.05) is 17.5 Å². The minimum Gasteiger partial charge on any atom is -0.481 e. The van der Waals surface area contributed by atoms with E-state index in [0.717, 1.165) is 4.88 Å². The molecular formula is C15H16FNO3S. The van der Waals surface area contributed by atoms with Crippen molar-refractivity contribution in [1.82, 2.24) is 5.32 Å². The highest BCUT2D eigenvalue weighted by Gasteiger charge is 2.10. The van der Waals surface area contributed by atoms with E-state index in [4.69, 9.17) is 4.74 Å². The van der Waals surface area contributed by atoms with Crippen LogP contribution < -0.4 is 10.1 Å². The third-order valence-corrected chi connectivity index (χ3v) is 3.78. The number of aliphatic hydroxyl groups is 1. The molecule has 0 aliphatic heterocycles. The molecule has 2 aromatic rings. The van der Waals surface area contributed by atoms with Gasteiger partial charge in [0.05, 0.1) is 6.10 Å². The molecule has 0 aliphatic rings. The highest BCUT2D eigenvalue weighted by molar-refractivity contribution is 7.10. The number of thiophene rings is 1. The van der Waals surface area contributed by atoms with E-state index < -0.39 is 11.9 Å². The minimum atomic E-state index is -0.585. The Balaban J connectivity index is 1.67. The monoisotopic (exact) mass is 309 g/mol. The van der Waals surface area contributed by atoms with Crippen molar-refractivity contribution in [3.05, 3.63) is 52.5 Å². The number of para-hydroxylation sites is 1. The standard InChI is InChI=1S/C15H16FNO3S/c16-11-4-1-2-5-13(11)20-10-15(19)17-8-7-12(18)14-6-3-9-21-14/h1-6,9,12,18H,7-8,10H2,(H,17,19)/t12-/m1/s1. The third-order valence-electron chi connectivity index (χ3n) is 2.81. The van der Waals surface area contributed by atoms with Gasteiger partial charge in [0, 0.05) is 11.4 Å². The van der Waals surface area contributed by atoms with Crippen LogP contribution in [0.1, 0.15) is 17.4 Å². The average Bonchev–Trinajstić information content (AvgIpc) is 3.00. The minimum absolute atomic E-state index is 0.0475. The first-order valence-corrected chi connectivity index (χ1v) is 7.40. The second-order valence-electron chi connectivity index (χ2n) is 4.39. The number of hydrogen-bond donors (Lipinski definition) is 2. The lowest BCUT2D eigenvalue weighted by Crippen LogP contribution is -2.30. The summed E-state index contributed by atoms with van der Waals surface area (Å²) >= 11 is 1.47. The molecule has 1 aromatic heterocycles. The zero-order valence-corrected chi connectivity index (χ0v) is 12.1. The van der Waals surface area contributed by atoms with Gasteiger partial charge in [-0.1, -0.05) is 18.2 Å². The van der Waals surface area contributed by atoms with Crippen molar-refractivity contribution in [2.24, 2.45) is 0 Å². The maximum Gasteiger partial charge on any atom is 0.257 e. The molecule has 0 unspecified atom stereocenters. The van der Waals surface area contributed by atoms with Crippen molar-refractivity contribution in [3.8, 4) is 5.75 Å². The lowest BCUT2D eigenvalue weighted by Gasteiger charge is -2.10. The molecule has 1 atom stereocenters. The van der Waals surface area contributed by atoms with Gasteiger partial charge >= 0.3 is 0 Å². The Bertz CT molecular complexity index is 574. The summed E-state index contributed by atoms with van der Waals surface area (Å²) in [5.41, 5.74) is 0. The van der Waals surface area contributed by atoms with Crippen molar-refractivity contribution in [3.63, 3.8) is 0 Å². The molecule has 0 aliphatic carbocycles. The molecule has 0 bridgehead atoms. The van der Waals surface area contributed by atoms with Gasteiger partial charge in [-0.25, -0.2) is 4.39 Å². The van der Waals surface area contributed by atoms with E-state index in [9.17, 15) is 14.3 Å². The zero-order chi connectivity index (χ0) is 15.1. The number of carbonyl (C=O) groups excluding carboxylic acids is 1. The van der Waals surface area contributed by atoms with Crippen LogP contribution in [0.5, 0.6) is 5.75 Å². The maximum absolute atomic E-state index is 13.3. The average molecular weight is 309 g/mol. The summed E-state index contributed by atoms with van der Waals surface area (Å²) in [5, 5.41) is 14.4. The molecule has 1 amide bonds. The molecule has 0 fully saturated rings. The second kappa shape index (κ2) is 7.75. The fourth-order valence-electron chi connectivity index (χ4n) is 1.73. The van der Waals surface area contributed by atoms with Crippen LogP contribution in [0.3, 0.4) is 0 Å². The van der Waals surface area contributed by atoms with E-state index >= 15 is 0 Å². The number of rotatable bonds is 7. The van der Waals surface area contributed by atoms with Gasteiger partial charge in [-0.15, -0.1) is 11.3 Å². The van der Waals surface area contributed by atoms with Crippen LogP contribution in [-0.2, 0) is 4.79 Å². The number of carbonyl (C=O) groups is 1. The molecule has 0 spiro atoms. The zero-order valence-electron chi connectivity index (χ0n) is 11.3. The van der Waals surface area contributed by atoms with Crippen molar-refractivity contribution < 1.29 is 19.0 Å². The first-order valence-electron chi connectivity index (χ1n) is 6.52. The Morgan fingerprint density at radius 3 is 2.86 bits per heavy atom. The maximum atomic E-state index is 13.3. The quantitative estimate of drug-likeness (QED) is 0.826. The molecule has 6 heteroatoms. The smallest absolute Gasteiger partial charge is 0.257 e. The van der Waals surface area contributed by atoms with Gasteiger partial charge in [0.15, 0.2) is 18.2 Å². The largest absolute Gasteiger partial charge is 0.481 e. The van der Waals surface area contributed by atoms with E-state index in [2.05, 4.69) is 5.32 Å². The molecule has 0 radical (unpaired) electrons. The number of aliphatic hydroxyl groups excluding tert-OH is 1. The molecule has 1 aromatic carbocycles. The summed E-state index contributed by atoms with van der Waals surface area (Å²) in [7, 11) is 0.